The van der Waals surface area contributed by atoms with Crippen LogP contribution >= 0.6 is 22.6 Å². The summed E-state index contributed by atoms with van der Waals surface area (Å²) in [7, 11) is 0. The van der Waals surface area contributed by atoms with Gasteiger partial charge in [0.2, 0.25) is 5.91 Å². The summed E-state index contributed by atoms with van der Waals surface area (Å²) in [5, 5.41) is 17.9. The summed E-state index contributed by atoms with van der Waals surface area (Å²) in [6.07, 6.45) is -0.564. The fourth-order valence-corrected chi connectivity index (χ4v) is 1.84. The van der Waals surface area contributed by atoms with Gasteiger partial charge in [0.15, 0.2) is 0 Å². The number of hydrogen-bond acceptors (Lipinski definition) is 3. The number of alkyl halides is 1. The monoisotopic (exact) mass is 299 g/mol. The van der Waals surface area contributed by atoms with Crippen LogP contribution in [0.25, 0.3) is 0 Å². The minimum absolute atomic E-state index is 0.137. The maximum Gasteiger partial charge on any atom is 0.326 e. The third kappa shape index (κ3) is 2.31. The number of carboxylic acid groups (broad SMARTS) is 1. The quantitative estimate of drug-likeness (QED) is 0.531. The van der Waals surface area contributed by atoms with Gasteiger partial charge in [-0.3, -0.25) is 4.79 Å². The van der Waals surface area contributed by atoms with Crippen LogP contribution in [0.15, 0.2) is 0 Å². The number of amides is 1. The van der Waals surface area contributed by atoms with Gasteiger partial charge in [-0.05, 0) is 0 Å². The second-order valence-corrected chi connectivity index (χ2v) is 3.69. The Labute approximate surface area is 88.9 Å². The summed E-state index contributed by atoms with van der Waals surface area (Å²) < 4.78 is 0.244. The van der Waals surface area contributed by atoms with Crippen molar-refractivity contribution in [3.05, 3.63) is 0 Å². The first-order chi connectivity index (χ1) is 6.06. The summed E-state index contributed by atoms with van der Waals surface area (Å²) in [6.45, 7) is 0.138. The van der Waals surface area contributed by atoms with E-state index in [4.69, 9.17) is 5.11 Å². The average molecular weight is 299 g/mol. The van der Waals surface area contributed by atoms with E-state index in [9.17, 15) is 14.7 Å². The number of carboxylic acids is 1. The molecule has 6 heteroatoms. The Morgan fingerprint density at radius 3 is 2.62 bits per heavy atom. The molecule has 5 nitrogen and oxygen atoms in total. The Hall–Kier alpha value is -0.370. The molecule has 1 saturated heterocycles. The number of aliphatic hydroxyl groups excluding tert-OH is 1. The highest BCUT2D eigenvalue weighted by atomic mass is 127. The van der Waals surface area contributed by atoms with Crippen LogP contribution in [-0.4, -0.2) is 50.1 Å². The first-order valence-electron chi connectivity index (χ1n) is 3.82. The van der Waals surface area contributed by atoms with Crippen molar-refractivity contribution in [3.63, 3.8) is 0 Å². The molecule has 0 saturated carbocycles. The van der Waals surface area contributed by atoms with Gasteiger partial charge >= 0.3 is 5.97 Å². The number of β-amino-alcohol motifs (C(OH)–C–C–N with tert-alkyl or cyclic N) is 1. The Morgan fingerprint density at radius 1 is 1.54 bits per heavy atom. The molecule has 2 N–H and O–H groups in total. The van der Waals surface area contributed by atoms with Gasteiger partial charge < -0.3 is 15.1 Å². The minimum Gasteiger partial charge on any atom is -0.480 e. The molecule has 0 aromatic carbocycles. The highest BCUT2D eigenvalue weighted by Gasteiger charge is 2.38. The van der Waals surface area contributed by atoms with Crippen molar-refractivity contribution in [2.24, 2.45) is 0 Å². The number of aliphatic hydroxyl groups is 1. The van der Waals surface area contributed by atoms with Crippen molar-refractivity contribution in [1.29, 1.82) is 0 Å². The Balaban J connectivity index is 2.71. The van der Waals surface area contributed by atoms with Crippen LogP contribution in [-0.2, 0) is 9.59 Å². The standard InChI is InChI=1S/C7H10INO4/c8-2-6(11)9-3-4(10)1-5(9)7(12)13/h4-5,10H,1-3H2,(H,12,13)/t4?,5-/m1/s1. The summed E-state index contributed by atoms with van der Waals surface area (Å²) in [5.41, 5.74) is 0. The highest BCUT2D eigenvalue weighted by Crippen LogP contribution is 2.18. The highest BCUT2D eigenvalue weighted by molar-refractivity contribution is 14.1. The van der Waals surface area contributed by atoms with Crippen molar-refractivity contribution >= 4 is 34.5 Å². The van der Waals surface area contributed by atoms with Crippen molar-refractivity contribution in [1.82, 2.24) is 4.90 Å². The molecule has 1 aliphatic rings. The minimum atomic E-state index is -1.05. The van der Waals surface area contributed by atoms with Crippen LogP contribution in [0.5, 0.6) is 0 Å². The third-order valence-electron chi connectivity index (χ3n) is 2.00. The van der Waals surface area contributed by atoms with E-state index in [1.807, 2.05) is 22.6 Å². The lowest BCUT2D eigenvalue weighted by molar-refractivity contribution is -0.147. The van der Waals surface area contributed by atoms with Crippen LogP contribution < -0.4 is 0 Å². The van der Waals surface area contributed by atoms with E-state index in [0.29, 0.717) is 0 Å². The van der Waals surface area contributed by atoms with Crippen molar-refractivity contribution in [3.8, 4) is 0 Å². The zero-order valence-corrected chi connectivity index (χ0v) is 8.97. The topological polar surface area (TPSA) is 77.8 Å². The summed E-state index contributed by atoms with van der Waals surface area (Å²) >= 11 is 1.88. The molecule has 13 heavy (non-hydrogen) atoms. The van der Waals surface area contributed by atoms with Crippen LogP contribution in [0.1, 0.15) is 6.42 Å². The van der Waals surface area contributed by atoms with Crippen molar-refractivity contribution in [2.75, 3.05) is 11.0 Å². The molecule has 1 unspecified atom stereocenters. The molecule has 0 aromatic rings. The second kappa shape index (κ2) is 4.23. The molecular weight excluding hydrogens is 289 g/mol. The number of hydrogen-bond donors (Lipinski definition) is 2. The van der Waals surface area contributed by atoms with Crippen LogP contribution in [0, 0.1) is 0 Å². The largest absolute Gasteiger partial charge is 0.480 e. The van der Waals surface area contributed by atoms with Crippen LogP contribution in [0.2, 0.25) is 0 Å². The number of likely N-dealkylation sites (tertiary alicyclic amines) is 1. The first-order valence-corrected chi connectivity index (χ1v) is 5.35. The summed E-state index contributed by atoms with van der Waals surface area (Å²) in [6, 6.07) is -0.850. The molecule has 1 rings (SSSR count). The smallest absolute Gasteiger partial charge is 0.326 e. The number of halogens is 1. The van der Waals surface area contributed by atoms with E-state index in [0.717, 1.165) is 0 Å². The number of carbonyl (C=O) groups is 2. The van der Waals surface area contributed by atoms with E-state index in [2.05, 4.69) is 0 Å². The Bertz CT molecular complexity index is 233. The van der Waals surface area contributed by atoms with Crippen LogP contribution in [0.3, 0.4) is 0 Å². The fraction of sp³-hybridized carbons (Fsp3) is 0.714. The van der Waals surface area contributed by atoms with Crippen LogP contribution in [0.4, 0.5) is 0 Å². The lowest BCUT2D eigenvalue weighted by Crippen LogP contribution is -2.41. The molecule has 74 valence electrons. The van der Waals surface area contributed by atoms with E-state index in [-0.39, 0.29) is 23.3 Å². The Morgan fingerprint density at radius 2 is 2.15 bits per heavy atom. The molecule has 0 aromatic heterocycles. The Kier molecular flexibility index (Phi) is 3.48. The lowest BCUT2D eigenvalue weighted by atomic mass is 10.2. The zero-order valence-electron chi connectivity index (χ0n) is 6.81. The molecule has 2 atom stereocenters. The number of aliphatic carboxylic acids is 1. The van der Waals surface area contributed by atoms with Gasteiger partial charge in [0.25, 0.3) is 0 Å². The fourth-order valence-electron chi connectivity index (χ4n) is 1.40. The van der Waals surface area contributed by atoms with Crippen molar-refractivity contribution in [2.45, 2.75) is 18.6 Å². The van der Waals surface area contributed by atoms with Gasteiger partial charge in [0.05, 0.1) is 10.5 Å². The molecule has 0 aliphatic carbocycles. The van der Waals surface area contributed by atoms with Gasteiger partial charge in [0.1, 0.15) is 6.04 Å². The van der Waals surface area contributed by atoms with Gasteiger partial charge in [-0.25, -0.2) is 4.79 Å². The molecule has 0 bridgehead atoms. The first kappa shape index (κ1) is 10.7. The molecule has 1 amide bonds. The predicted octanol–water partition coefficient (Wildman–Crippen LogP) is -0.532. The van der Waals surface area contributed by atoms with Crippen molar-refractivity contribution < 1.29 is 19.8 Å². The maximum absolute atomic E-state index is 11.2. The second-order valence-electron chi connectivity index (χ2n) is 2.92. The lowest BCUT2D eigenvalue weighted by Gasteiger charge is -2.19. The van der Waals surface area contributed by atoms with E-state index >= 15 is 0 Å². The van der Waals surface area contributed by atoms with Gasteiger partial charge in [-0.15, -0.1) is 0 Å². The predicted molar refractivity (Wildman–Crippen MR) is 52.6 cm³/mol. The molecule has 1 fully saturated rings. The number of rotatable bonds is 2. The van der Waals surface area contributed by atoms with E-state index < -0.39 is 18.1 Å². The normalized spacial score (nSPS) is 27.7. The molecular formula is C7H10INO4. The zero-order chi connectivity index (χ0) is 10.0. The van der Waals surface area contributed by atoms with Gasteiger partial charge in [-0.2, -0.15) is 0 Å². The maximum atomic E-state index is 11.2. The van der Waals surface area contributed by atoms with E-state index in [1.165, 1.54) is 4.90 Å². The molecule has 1 aliphatic heterocycles. The van der Waals surface area contributed by atoms with Gasteiger partial charge in [-0.1, -0.05) is 22.6 Å². The molecule has 0 spiro atoms. The van der Waals surface area contributed by atoms with Gasteiger partial charge in [0, 0.05) is 13.0 Å². The van der Waals surface area contributed by atoms with E-state index in [1.54, 1.807) is 0 Å². The molecule has 1 heterocycles. The third-order valence-corrected chi connectivity index (χ3v) is 2.65. The summed E-state index contributed by atoms with van der Waals surface area (Å²) in [5.74, 6) is -1.28. The molecule has 0 radical (unpaired) electrons. The number of carbonyl (C=O) groups excluding carboxylic acids is 1. The summed E-state index contributed by atoms with van der Waals surface area (Å²) in [4.78, 5) is 23.1. The SMILES string of the molecule is O=C(O)[C@H]1CC(O)CN1C(=O)CI. The number of nitrogens with zero attached hydrogens (tertiary/aromatic N) is 1. The average Bonchev–Trinajstić information content (AvgIpc) is 2.46.